The molecule has 1 atom stereocenters. The Bertz CT molecular complexity index is 233. The summed E-state index contributed by atoms with van der Waals surface area (Å²) >= 11 is 0. The van der Waals surface area contributed by atoms with Gasteiger partial charge in [-0.25, -0.2) is 4.98 Å². The van der Waals surface area contributed by atoms with Crippen LogP contribution in [0.25, 0.3) is 0 Å². The van der Waals surface area contributed by atoms with Crippen LogP contribution in [0, 0.1) is 0 Å². The molecule has 86 valence electrons. The summed E-state index contributed by atoms with van der Waals surface area (Å²) in [6.07, 6.45) is 7.67. The molecule has 1 rings (SSSR count). The van der Waals surface area contributed by atoms with Crippen molar-refractivity contribution in [2.24, 2.45) is 0 Å². The first-order valence-corrected chi connectivity index (χ1v) is 5.97. The van der Waals surface area contributed by atoms with Crippen molar-refractivity contribution in [1.82, 2.24) is 20.5 Å². The minimum absolute atomic E-state index is 0.346. The predicted molar refractivity (Wildman–Crippen MR) is 61.6 cm³/mol. The van der Waals surface area contributed by atoms with Crippen molar-refractivity contribution in [3.05, 3.63) is 12.2 Å². The highest BCUT2D eigenvalue weighted by Crippen LogP contribution is 2.15. The van der Waals surface area contributed by atoms with Gasteiger partial charge in [-0.05, 0) is 19.4 Å². The minimum atomic E-state index is 0.346. The third kappa shape index (κ3) is 4.42. The third-order valence-electron chi connectivity index (χ3n) is 2.50. The SMILES string of the molecule is CCCCCC(NCCC)c1ncn[nH]1. The molecule has 0 aliphatic carbocycles. The minimum Gasteiger partial charge on any atom is -0.307 e. The molecule has 1 aromatic rings. The Hall–Kier alpha value is -0.900. The summed E-state index contributed by atoms with van der Waals surface area (Å²) in [5, 5.41) is 10.3. The average molecular weight is 210 g/mol. The van der Waals surface area contributed by atoms with Crippen molar-refractivity contribution >= 4 is 0 Å². The van der Waals surface area contributed by atoms with E-state index in [1.807, 2.05) is 0 Å². The van der Waals surface area contributed by atoms with E-state index >= 15 is 0 Å². The van der Waals surface area contributed by atoms with Gasteiger partial charge in [0.15, 0.2) is 0 Å². The van der Waals surface area contributed by atoms with Gasteiger partial charge in [0.2, 0.25) is 0 Å². The topological polar surface area (TPSA) is 53.6 Å². The summed E-state index contributed by atoms with van der Waals surface area (Å²) in [4.78, 5) is 4.22. The quantitative estimate of drug-likeness (QED) is 0.648. The molecule has 4 nitrogen and oxygen atoms in total. The molecule has 0 aliphatic heterocycles. The molecule has 0 aliphatic rings. The Morgan fingerprint density at radius 2 is 2.20 bits per heavy atom. The number of nitrogens with one attached hydrogen (secondary N) is 2. The first-order chi connectivity index (χ1) is 7.38. The zero-order chi connectivity index (χ0) is 10.9. The molecule has 0 saturated carbocycles. The van der Waals surface area contributed by atoms with Crippen molar-refractivity contribution < 1.29 is 0 Å². The number of aromatic nitrogens is 3. The number of aromatic amines is 1. The van der Waals surface area contributed by atoms with Crippen LogP contribution in [0.3, 0.4) is 0 Å². The molecule has 0 amide bonds. The Kier molecular flexibility index (Phi) is 6.00. The van der Waals surface area contributed by atoms with E-state index in [1.165, 1.54) is 19.3 Å². The fraction of sp³-hybridized carbons (Fsp3) is 0.818. The van der Waals surface area contributed by atoms with E-state index in [4.69, 9.17) is 0 Å². The molecule has 1 unspecified atom stereocenters. The molecule has 1 aromatic heterocycles. The predicted octanol–water partition coefficient (Wildman–Crippen LogP) is 2.43. The van der Waals surface area contributed by atoms with E-state index in [0.717, 1.165) is 25.2 Å². The molecule has 15 heavy (non-hydrogen) atoms. The molecule has 0 saturated heterocycles. The highest BCUT2D eigenvalue weighted by atomic mass is 15.2. The Morgan fingerprint density at radius 3 is 2.80 bits per heavy atom. The zero-order valence-electron chi connectivity index (χ0n) is 9.79. The van der Waals surface area contributed by atoms with Gasteiger partial charge in [0, 0.05) is 0 Å². The van der Waals surface area contributed by atoms with Crippen LogP contribution in [0.15, 0.2) is 6.33 Å². The van der Waals surface area contributed by atoms with Gasteiger partial charge in [0.1, 0.15) is 12.2 Å². The molecule has 0 radical (unpaired) electrons. The monoisotopic (exact) mass is 210 g/mol. The summed E-state index contributed by atoms with van der Waals surface area (Å²) in [6.45, 7) is 5.44. The first kappa shape index (κ1) is 12.2. The summed E-state index contributed by atoms with van der Waals surface area (Å²) < 4.78 is 0. The summed E-state index contributed by atoms with van der Waals surface area (Å²) in [5.41, 5.74) is 0. The first-order valence-electron chi connectivity index (χ1n) is 5.97. The highest BCUT2D eigenvalue weighted by molar-refractivity contribution is 4.90. The van der Waals surface area contributed by atoms with Crippen LogP contribution >= 0.6 is 0 Å². The largest absolute Gasteiger partial charge is 0.307 e. The maximum Gasteiger partial charge on any atom is 0.141 e. The van der Waals surface area contributed by atoms with E-state index in [0.29, 0.717) is 6.04 Å². The normalized spacial score (nSPS) is 12.9. The Balaban J connectivity index is 2.39. The van der Waals surface area contributed by atoms with Gasteiger partial charge >= 0.3 is 0 Å². The van der Waals surface area contributed by atoms with Crippen molar-refractivity contribution in [3.63, 3.8) is 0 Å². The van der Waals surface area contributed by atoms with Crippen LogP contribution in [-0.2, 0) is 0 Å². The maximum atomic E-state index is 4.22. The molecule has 0 aromatic carbocycles. The summed E-state index contributed by atoms with van der Waals surface area (Å²) in [6, 6.07) is 0.346. The number of hydrogen-bond acceptors (Lipinski definition) is 3. The van der Waals surface area contributed by atoms with E-state index in [-0.39, 0.29) is 0 Å². The standard InChI is InChI=1S/C11H22N4/c1-3-5-6-7-10(12-8-4-2)11-13-9-14-15-11/h9-10,12H,3-8H2,1-2H3,(H,13,14,15). The van der Waals surface area contributed by atoms with E-state index < -0.39 is 0 Å². The van der Waals surface area contributed by atoms with E-state index in [9.17, 15) is 0 Å². The second-order valence-corrected chi connectivity index (χ2v) is 3.87. The summed E-state index contributed by atoms with van der Waals surface area (Å²) in [7, 11) is 0. The maximum absolute atomic E-state index is 4.22. The lowest BCUT2D eigenvalue weighted by atomic mass is 10.1. The molecule has 4 heteroatoms. The van der Waals surface area contributed by atoms with Crippen molar-refractivity contribution in [2.45, 2.75) is 52.0 Å². The average Bonchev–Trinajstić information content (AvgIpc) is 2.76. The zero-order valence-corrected chi connectivity index (χ0v) is 9.79. The smallest absolute Gasteiger partial charge is 0.141 e. The van der Waals surface area contributed by atoms with Crippen molar-refractivity contribution in [1.29, 1.82) is 0 Å². The number of hydrogen-bond donors (Lipinski definition) is 2. The second kappa shape index (κ2) is 7.40. The molecule has 0 fully saturated rings. The highest BCUT2D eigenvalue weighted by Gasteiger charge is 2.12. The van der Waals surface area contributed by atoms with Crippen LogP contribution in [0.5, 0.6) is 0 Å². The van der Waals surface area contributed by atoms with Crippen molar-refractivity contribution in [2.75, 3.05) is 6.54 Å². The van der Waals surface area contributed by atoms with E-state index in [1.54, 1.807) is 6.33 Å². The Labute approximate surface area is 91.9 Å². The van der Waals surface area contributed by atoms with Gasteiger partial charge in [-0.1, -0.05) is 33.1 Å². The molecule has 2 N–H and O–H groups in total. The van der Waals surface area contributed by atoms with Crippen molar-refractivity contribution in [3.8, 4) is 0 Å². The molecule has 1 heterocycles. The van der Waals surface area contributed by atoms with Gasteiger partial charge in [0.05, 0.1) is 6.04 Å². The molecular weight excluding hydrogens is 188 g/mol. The van der Waals surface area contributed by atoms with Gasteiger partial charge in [0.25, 0.3) is 0 Å². The van der Waals surface area contributed by atoms with Crippen LogP contribution in [0.1, 0.15) is 57.8 Å². The Morgan fingerprint density at radius 1 is 1.33 bits per heavy atom. The van der Waals surface area contributed by atoms with Crippen LogP contribution in [-0.4, -0.2) is 21.7 Å². The molecule has 0 spiro atoms. The molecular formula is C11H22N4. The van der Waals surface area contributed by atoms with E-state index in [2.05, 4.69) is 34.3 Å². The summed E-state index contributed by atoms with van der Waals surface area (Å²) in [5.74, 6) is 0.972. The lowest BCUT2D eigenvalue weighted by Crippen LogP contribution is -2.23. The van der Waals surface area contributed by atoms with Gasteiger partial charge < -0.3 is 5.32 Å². The third-order valence-corrected chi connectivity index (χ3v) is 2.50. The van der Waals surface area contributed by atoms with Gasteiger partial charge in [-0.3, -0.25) is 5.10 Å². The van der Waals surface area contributed by atoms with Crippen LogP contribution < -0.4 is 5.32 Å². The fourth-order valence-electron chi connectivity index (χ4n) is 1.64. The number of unbranched alkanes of at least 4 members (excludes halogenated alkanes) is 2. The van der Waals surface area contributed by atoms with Gasteiger partial charge in [-0.15, -0.1) is 0 Å². The molecule has 0 bridgehead atoms. The number of H-pyrrole nitrogens is 1. The number of nitrogens with zero attached hydrogens (tertiary/aromatic N) is 2. The van der Waals surface area contributed by atoms with Crippen LogP contribution in [0.2, 0.25) is 0 Å². The lowest BCUT2D eigenvalue weighted by Gasteiger charge is -2.15. The second-order valence-electron chi connectivity index (χ2n) is 3.87. The fourth-order valence-corrected chi connectivity index (χ4v) is 1.64. The number of rotatable bonds is 8. The van der Waals surface area contributed by atoms with Gasteiger partial charge in [-0.2, -0.15) is 5.10 Å². The van der Waals surface area contributed by atoms with Crippen LogP contribution in [0.4, 0.5) is 0 Å². The lowest BCUT2D eigenvalue weighted by molar-refractivity contribution is 0.456.